The van der Waals surface area contributed by atoms with Crippen molar-refractivity contribution < 1.29 is 19.1 Å². The Morgan fingerprint density at radius 2 is 1.53 bits per heavy atom. The number of hydrogen-bond acceptors (Lipinski definition) is 6. The maximum absolute atomic E-state index is 13.5. The fraction of sp³-hybridized carbons (Fsp3) is 0.148. The molecule has 7 heteroatoms. The van der Waals surface area contributed by atoms with E-state index in [1.165, 1.54) is 0 Å². The van der Waals surface area contributed by atoms with Crippen molar-refractivity contribution in [2.24, 2.45) is 0 Å². The average Bonchev–Trinajstić information content (AvgIpc) is 3.10. The lowest BCUT2D eigenvalue weighted by atomic mass is 10.0. The fourth-order valence-corrected chi connectivity index (χ4v) is 3.71. The predicted octanol–water partition coefficient (Wildman–Crippen LogP) is 4.75. The Kier molecular flexibility index (Phi) is 6.60. The van der Waals surface area contributed by atoms with Gasteiger partial charge in [-0.1, -0.05) is 30.3 Å². The van der Waals surface area contributed by atoms with Crippen LogP contribution in [0.1, 0.15) is 25.0 Å². The van der Waals surface area contributed by atoms with E-state index >= 15 is 0 Å². The first-order chi connectivity index (χ1) is 16.6. The van der Waals surface area contributed by atoms with Crippen molar-refractivity contribution in [1.29, 1.82) is 5.26 Å². The minimum Gasteiger partial charge on any atom is -0.490 e. The third kappa shape index (κ3) is 4.34. The molecule has 0 saturated carbocycles. The largest absolute Gasteiger partial charge is 0.490 e. The summed E-state index contributed by atoms with van der Waals surface area (Å²) in [5, 5.41) is 12.2. The number of imide groups is 1. The van der Waals surface area contributed by atoms with Gasteiger partial charge in [-0.15, -0.1) is 0 Å². The van der Waals surface area contributed by atoms with Gasteiger partial charge in [0.1, 0.15) is 5.70 Å². The first-order valence-electron chi connectivity index (χ1n) is 10.9. The molecule has 1 N–H and O–H groups in total. The molecular formula is C27H23N3O4. The third-order valence-electron chi connectivity index (χ3n) is 5.21. The number of amides is 2. The normalized spacial score (nSPS) is 13.1. The van der Waals surface area contributed by atoms with Gasteiger partial charge < -0.3 is 14.8 Å². The molecule has 2 amide bonds. The molecule has 170 valence electrons. The Balaban J connectivity index is 1.76. The van der Waals surface area contributed by atoms with E-state index in [2.05, 4.69) is 5.32 Å². The van der Waals surface area contributed by atoms with Crippen molar-refractivity contribution in [3.05, 3.63) is 89.6 Å². The molecule has 0 radical (unpaired) electrons. The van der Waals surface area contributed by atoms with Crippen molar-refractivity contribution >= 4 is 28.8 Å². The first-order valence-corrected chi connectivity index (χ1v) is 10.9. The number of nitriles is 1. The predicted molar refractivity (Wildman–Crippen MR) is 129 cm³/mol. The number of rotatable bonds is 8. The zero-order chi connectivity index (χ0) is 24.1. The lowest BCUT2D eigenvalue weighted by molar-refractivity contribution is -0.120. The van der Waals surface area contributed by atoms with Crippen LogP contribution >= 0.6 is 0 Å². The smallest absolute Gasteiger partial charge is 0.282 e. The van der Waals surface area contributed by atoms with E-state index in [0.29, 0.717) is 47.2 Å². The van der Waals surface area contributed by atoms with Gasteiger partial charge in [-0.2, -0.15) is 5.26 Å². The molecule has 0 bridgehead atoms. The van der Waals surface area contributed by atoms with Crippen molar-refractivity contribution in [2.45, 2.75) is 13.8 Å². The lowest BCUT2D eigenvalue weighted by Gasteiger charge is -2.16. The summed E-state index contributed by atoms with van der Waals surface area (Å²) in [6.45, 7) is 4.70. The van der Waals surface area contributed by atoms with Crippen LogP contribution in [0.25, 0.3) is 5.57 Å². The van der Waals surface area contributed by atoms with Gasteiger partial charge in [0.2, 0.25) is 0 Å². The Bertz CT molecular complexity index is 1290. The Hall–Kier alpha value is -4.57. The third-order valence-corrected chi connectivity index (χ3v) is 5.21. The molecule has 0 aromatic heterocycles. The van der Waals surface area contributed by atoms with Crippen LogP contribution in [0, 0.1) is 11.3 Å². The number of benzene rings is 3. The number of ether oxygens (including phenoxy) is 2. The van der Waals surface area contributed by atoms with Gasteiger partial charge in [0.05, 0.1) is 36.1 Å². The number of nitrogens with one attached hydrogen (secondary N) is 1. The minimum absolute atomic E-state index is 0.159. The summed E-state index contributed by atoms with van der Waals surface area (Å²) in [7, 11) is 0. The highest BCUT2D eigenvalue weighted by molar-refractivity contribution is 6.46. The van der Waals surface area contributed by atoms with Crippen LogP contribution in [0.3, 0.4) is 0 Å². The fourth-order valence-electron chi connectivity index (χ4n) is 3.71. The molecular weight excluding hydrogens is 430 g/mol. The molecule has 7 nitrogen and oxygen atoms in total. The van der Waals surface area contributed by atoms with Crippen LogP contribution in [0.4, 0.5) is 11.4 Å². The first kappa shape index (κ1) is 22.6. The summed E-state index contributed by atoms with van der Waals surface area (Å²) in [5.74, 6) is 0.205. The highest BCUT2D eigenvalue weighted by Gasteiger charge is 2.40. The second-order valence-corrected chi connectivity index (χ2v) is 7.37. The van der Waals surface area contributed by atoms with Crippen LogP contribution in [0.5, 0.6) is 11.5 Å². The number of carbonyl (C=O) groups excluding carboxylic acids is 2. The van der Waals surface area contributed by atoms with E-state index < -0.39 is 11.8 Å². The van der Waals surface area contributed by atoms with Crippen LogP contribution < -0.4 is 19.7 Å². The Morgan fingerprint density at radius 3 is 2.18 bits per heavy atom. The summed E-state index contributed by atoms with van der Waals surface area (Å²) in [4.78, 5) is 28.1. The Morgan fingerprint density at radius 1 is 0.853 bits per heavy atom. The molecule has 0 fully saturated rings. The summed E-state index contributed by atoms with van der Waals surface area (Å²) in [6.07, 6.45) is 0. The SMILES string of the molecule is CCOc1ccc(NC2=C(c3ccccc3)C(=O)N(c3ccc(C#N)cc3)C2=O)cc1OCC. The van der Waals surface area contributed by atoms with Crippen molar-refractivity contribution in [3.63, 3.8) is 0 Å². The zero-order valence-electron chi connectivity index (χ0n) is 18.9. The summed E-state index contributed by atoms with van der Waals surface area (Å²) in [6, 6.07) is 22.7. The van der Waals surface area contributed by atoms with E-state index in [9.17, 15) is 9.59 Å². The minimum atomic E-state index is -0.486. The maximum Gasteiger partial charge on any atom is 0.282 e. The van der Waals surface area contributed by atoms with Crippen molar-refractivity contribution in [2.75, 3.05) is 23.4 Å². The molecule has 0 unspecified atom stereocenters. The molecule has 4 rings (SSSR count). The molecule has 34 heavy (non-hydrogen) atoms. The Labute approximate surface area is 197 Å². The van der Waals surface area contributed by atoms with Crippen LogP contribution in [0.15, 0.2) is 78.5 Å². The van der Waals surface area contributed by atoms with Gasteiger partial charge in [0, 0.05) is 11.8 Å². The quantitative estimate of drug-likeness (QED) is 0.495. The van der Waals surface area contributed by atoms with Crippen molar-refractivity contribution in [1.82, 2.24) is 0 Å². The van der Waals surface area contributed by atoms with Gasteiger partial charge >= 0.3 is 0 Å². The van der Waals surface area contributed by atoms with Crippen LogP contribution in [-0.4, -0.2) is 25.0 Å². The maximum atomic E-state index is 13.5. The molecule has 3 aromatic carbocycles. The number of anilines is 2. The van der Waals surface area contributed by atoms with E-state index in [1.807, 2.05) is 38.1 Å². The highest BCUT2D eigenvalue weighted by atomic mass is 16.5. The summed E-state index contributed by atoms with van der Waals surface area (Å²) >= 11 is 0. The second kappa shape index (κ2) is 9.92. The van der Waals surface area contributed by atoms with E-state index in [1.54, 1.807) is 54.6 Å². The number of nitrogens with zero attached hydrogens (tertiary/aromatic N) is 2. The lowest BCUT2D eigenvalue weighted by Crippen LogP contribution is -2.32. The molecule has 0 aliphatic carbocycles. The molecule has 0 spiro atoms. The molecule has 0 saturated heterocycles. The van der Waals surface area contributed by atoms with Crippen LogP contribution in [0.2, 0.25) is 0 Å². The zero-order valence-corrected chi connectivity index (χ0v) is 18.9. The molecule has 0 atom stereocenters. The average molecular weight is 453 g/mol. The topological polar surface area (TPSA) is 91.7 Å². The number of hydrogen-bond donors (Lipinski definition) is 1. The van der Waals surface area contributed by atoms with Gasteiger partial charge in [-0.05, 0) is 55.8 Å². The molecule has 3 aromatic rings. The second-order valence-electron chi connectivity index (χ2n) is 7.37. The number of carbonyl (C=O) groups is 2. The van der Waals surface area contributed by atoms with Crippen molar-refractivity contribution in [3.8, 4) is 17.6 Å². The van der Waals surface area contributed by atoms with Gasteiger partial charge in [0.15, 0.2) is 11.5 Å². The van der Waals surface area contributed by atoms with E-state index in [0.717, 1.165) is 4.90 Å². The standard InChI is InChI=1S/C27H23N3O4/c1-3-33-22-15-12-20(16-23(22)34-4-2)29-25-24(19-8-6-5-7-9-19)26(31)30(27(25)32)21-13-10-18(17-28)11-14-21/h5-16,29H,3-4H2,1-2H3. The summed E-state index contributed by atoms with van der Waals surface area (Å²) in [5.41, 5.74) is 2.46. The van der Waals surface area contributed by atoms with Gasteiger partial charge in [-0.25, -0.2) is 4.90 Å². The molecule has 1 aliphatic heterocycles. The van der Waals surface area contributed by atoms with E-state index in [-0.39, 0.29) is 11.3 Å². The molecule has 1 heterocycles. The van der Waals surface area contributed by atoms with Gasteiger partial charge in [0.25, 0.3) is 11.8 Å². The monoisotopic (exact) mass is 453 g/mol. The summed E-state index contributed by atoms with van der Waals surface area (Å²) < 4.78 is 11.3. The molecule has 1 aliphatic rings. The van der Waals surface area contributed by atoms with E-state index in [4.69, 9.17) is 14.7 Å². The highest BCUT2D eigenvalue weighted by Crippen LogP contribution is 2.36. The van der Waals surface area contributed by atoms with Gasteiger partial charge in [-0.3, -0.25) is 9.59 Å². The van der Waals surface area contributed by atoms with Crippen LogP contribution in [-0.2, 0) is 9.59 Å².